The van der Waals surface area contributed by atoms with E-state index in [1.165, 1.54) is 0 Å². The summed E-state index contributed by atoms with van der Waals surface area (Å²) in [4.78, 5) is 13.3. The number of carbonyl (C=O) groups is 1. The molecule has 0 saturated carbocycles. The van der Waals surface area contributed by atoms with Gasteiger partial charge in [0.2, 0.25) is 0 Å². The number of amides is 1. The highest BCUT2D eigenvalue weighted by Gasteiger charge is 2.46. The molecule has 0 spiro atoms. The Morgan fingerprint density at radius 2 is 1.85 bits per heavy atom. The Bertz CT molecular complexity index is 859. The molecule has 2 heterocycles. The van der Waals surface area contributed by atoms with E-state index in [4.69, 9.17) is 14.6 Å². The first-order valence-corrected chi connectivity index (χ1v) is 9.22. The van der Waals surface area contributed by atoms with E-state index in [0.29, 0.717) is 12.2 Å². The van der Waals surface area contributed by atoms with Crippen LogP contribution < -0.4 is 4.74 Å². The number of hydrazone groups is 1. The van der Waals surface area contributed by atoms with Gasteiger partial charge in [-0.1, -0.05) is 30.3 Å². The monoisotopic (exact) mass is 364 g/mol. The van der Waals surface area contributed by atoms with Crippen molar-refractivity contribution in [2.75, 3.05) is 13.7 Å². The fraction of sp³-hybridized carbons (Fsp3) is 0.364. The van der Waals surface area contributed by atoms with E-state index in [1.54, 1.807) is 36.4 Å². The number of rotatable bonds is 3. The molecule has 0 aliphatic carbocycles. The normalized spacial score (nSPS) is 23.5. The Hall–Kier alpha value is -2.66. The van der Waals surface area contributed by atoms with Gasteiger partial charge in [0, 0.05) is 23.6 Å². The van der Waals surface area contributed by atoms with Gasteiger partial charge in [-0.15, -0.1) is 0 Å². The van der Waals surface area contributed by atoms with Gasteiger partial charge in [0.05, 0.1) is 25.4 Å². The lowest BCUT2D eigenvalue weighted by molar-refractivity contribution is -0.0424. The summed E-state index contributed by atoms with van der Waals surface area (Å²) in [5, 5.41) is 6.41. The van der Waals surface area contributed by atoms with Gasteiger partial charge in [-0.3, -0.25) is 4.79 Å². The van der Waals surface area contributed by atoms with E-state index < -0.39 is 0 Å². The van der Waals surface area contributed by atoms with Crippen molar-refractivity contribution in [2.24, 2.45) is 11.0 Å². The molecule has 1 saturated heterocycles. The van der Waals surface area contributed by atoms with Crippen molar-refractivity contribution in [1.82, 2.24) is 5.01 Å². The van der Waals surface area contributed by atoms with E-state index in [9.17, 15) is 4.79 Å². The Labute approximate surface area is 159 Å². The SMILES string of the molecule is COc1ccc(C(=O)N2N=C3CC(C)(C)OC[C@@H]3[C@@H]2c2ccccc2)cc1. The maximum Gasteiger partial charge on any atom is 0.274 e. The quantitative estimate of drug-likeness (QED) is 0.825. The van der Waals surface area contributed by atoms with Crippen LogP contribution >= 0.6 is 0 Å². The molecule has 140 valence electrons. The average molecular weight is 364 g/mol. The number of ether oxygens (including phenoxy) is 2. The van der Waals surface area contributed by atoms with Crippen LogP contribution in [-0.4, -0.2) is 35.9 Å². The van der Waals surface area contributed by atoms with Crippen LogP contribution in [-0.2, 0) is 4.74 Å². The van der Waals surface area contributed by atoms with Crippen LogP contribution in [0.15, 0.2) is 59.7 Å². The number of fused-ring (bicyclic) bond motifs is 1. The lowest BCUT2D eigenvalue weighted by Crippen LogP contribution is -2.41. The van der Waals surface area contributed by atoms with E-state index >= 15 is 0 Å². The summed E-state index contributed by atoms with van der Waals surface area (Å²) in [5.74, 6) is 0.705. The summed E-state index contributed by atoms with van der Waals surface area (Å²) in [6, 6.07) is 17.1. The number of methoxy groups -OCH3 is 1. The van der Waals surface area contributed by atoms with Crippen LogP contribution in [0.25, 0.3) is 0 Å². The molecule has 2 aliphatic heterocycles. The Kier molecular flexibility index (Phi) is 4.48. The second kappa shape index (κ2) is 6.82. The minimum atomic E-state index is -0.254. The van der Waals surface area contributed by atoms with Gasteiger partial charge < -0.3 is 9.47 Å². The number of nitrogens with zero attached hydrogens (tertiary/aromatic N) is 2. The molecule has 2 aromatic rings. The van der Waals surface area contributed by atoms with Gasteiger partial charge in [-0.2, -0.15) is 5.10 Å². The zero-order valence-corrected chi connectivity index (χ0v) is 15.9. The van der Waals surface area contributed by atoms with E-state index in [-0.39, 0.29) is 23.5 Å². The minimum Gasteiger partial charge on any atom is -0.497 e. The average Bonchev–Trinajstić information content (AvgIpc) is 3.05. The molecule has 0 bridgehead atoms. The lowest BCUT2D eigenvalue weighted by Gasteiger charge is -2.36. The molecular weight excluding hydrogens is 340 g/mol. The Morgan fingerprint density at radius 1 is 1.15 bits per heavy atom. The zero-order chi connectivity index (χ0) is 19.0. The van der Waals surface area contributed by atoms with E-state index in [2.05, 4.69) is 26.0 Å². The topological polar surface area (TPSA) is 51.1 Å². The molecule has 0 unspecified atom stereocenters. The number of hydrogen-bond donors (Lipinski definition) is 0. The fourth-order valence-electron chi connectivity index (χ4n) is 3.85. The molecule has 0 radical (unpaired) electrons. The minimum absolute atomic E-state index is 0.0858. The zero-order valence-electron chi connectivity index (χ0n) is 15.9. The maximum absolute atomic E-state index is 13.3. The van der Waals surface area contributed by atoms with Gasteiger partial charge in [0.25, 0.3) is 5.91 Å². The summed E-state index contributed by atoms with van der Waals surface area (Å²) in [7, 11) is 1.61. The van der Waals surface area contributed by atoms with Gasteiger partial charge in [-0.25, -0.2) is 5.01 Å². The predicted octanol–water partition coefficient (Wildman–Crippen LogP) is 4.06. The molecular formula is C22H24N2O3. The summed E-state index contributed by atoms with van der Waals surface area (Å²) >= 11 is 0. The molecule has 5 nitrogen and oxygen atoms in total. The molecule has 2 aromatic carbocycles. The highest BCUT2D eigenvalue weighted by atomic mass is 16.5. The smallest absolute Gasteiger partial charge is 0.274 e. The van der Waals surface area contributed by atoms with Crippen molar-refractivity contribution >= 4 is 11.6 Å². The third-order valence-electron chi connectivity index (χ3n) is 5.26. The third-order valence-corrected chi connectivity index (χ3v) is 5.26. The van der Waals surface area contributed by atoms with Crippen molar-refractivity contribution in [2.45, 2.75) is 31.9 Å². The molecule has 1 amide bonds. The van der Waals surface area contributed by atoms with E-state index in [1.807, 2.05) is 18.2 Å². The highest BCUT2D eigenvalue weighted by molar-refractivity contribution is 5.99. The summed E-state index contributed by atoms with van der Waals surface area (Å²) in [6.45, 7) is 4.70. The summed E-state index contributed by atoms with van der Waals surface area (Å²) in [6.07, 6.45) is 0.730. The first-order chi connectivity index (χ1) is 13.0. The number of hydrogen-bond acceptors (Lipinski definition) is 4. The van der Waals surface area contributed by atoms with Crippen LogP contribution in [0.4, 0.5) is 0 Å². The van der Waals surface area contributed by atoms with Gasteiger partial charge in [-0.05, 0) is 43.7 Å². The molecule has 2 atom stereocenters. The molecule has 1 fully saturated rings. The second-order valence-corrected chi connectivity index (χ2v) is 7.68. The predicted molar refractivity (Wildman–Crippen MR) is 104 cm³/mol. The summed E-state index contributed by atoms with van der Waals surface area (Å²) < 4.78 is 11.3. The highest BCUT2D eigenvalue weighted by Crippen LogP contribution is 2.42. The first-order valence-electron chi connectivity index (χ1n) is 9.22. The van der Waals surface area contributed by atoms with Crippen LogP contribution in [0, 0.1) is 5.92 Å². The molecule has 4 rings (SSSR count). The van der Waals surface area contributed by atoms with Crippen LogP contribution in [0.2, 0.25) is 0 Å². The molecule has 2 aliphatic rings. The summed E-state index contributed by atoms with van der Waals surface area (Å²) in [5.41, 5.74) is 2.46. The van der Waals surface area contributed by atoms with Gasteiger partial charge >= 0.3 is 0 Å². The fourth-order valence-corrected chi connectivity index (χ4v) is 3.85. The van der Waals surface area contributed by atoms with E-state index in [0.717, 1.165) is 23.4 Å². The molecule has 0 N–H and O–H groups in total. The first kappa shape index (κ1) is 17.7. The van der Waals surface area contributed by atoms with Crippen LogP contribution in [0.5, 0.6) is 5.75 Å². The molecule has 27 heavy (non-hydrogen) atoms. The van der Waals surface area contributed by atoms with Crippen molar-refractivity contribution in [3.63, 3.8) is 0 Å². The van der Waals surface area contributed by atoms with Crippen molar-refractivity contribution in [3.05, 3.63) is 65.7 Å². The van der Waals surface area contributed by atoms with Crippen molar-refractivity contribution < 1.29 is 14.3 Å². The Balaban J connectivity index is 1.71. The van der Waals surface area contributed by atoms with Crippen molar-refractivity contribution in [3.8, 4) is 5.75 Å². The number of carbonyl (C=O) groups excluding carboxylic acids is 1. The standard InChI is InChI=1S/C22H24N2O3/c1-22(2)13-19-18(14-27-22)20(15-7-5-4-6-8-15)24(23-19)21(25)16-9-11-17(26-3)12-10-16/h4-12,18,20H,13-14H2,1-3H3/t18-,20-/m0/s1. The van der Waals surface area contributed by atoms with Crippen LogP contribution in [0.1, 0.15) is 42.2 Å². The second-order valence-electron chi connectivity index (χ2n) is 7.68. The Morgan fingerprint density at radius 3 is 2.52 bits per heavy atom. The van der Waals surface area contributed by atoms with Gasteiger partial charge in [0.1, 0.15) is 5.75 Å². The van der Waals surface area contributed by atoms with Crippen molar-refractivity contribution in [1.29, 1.82) is 0 Å². The largest absolute Gasteiger partial charge is 0.497 e. The molecule has 5 heteroatoms. The third kappa shape index (κ3) is 3.35. The maximum atomic E-state index is 13.3. The lowest BCUT2D eigenvalue weighted by atomic mass is 9.83. The number of benzene rings is 2. The van der Waals surface area contributed by atoms with Crippen LogP contribution in [0.3, 0.4) is 0 Å². The molecule has 0 aromatic heterocycles. The van der Waals surface area contributed by atoms with Gasteiger partial charge in [0.15, 0.2) is 0 Å².